The number of nitrogens with zero attached hydrogens (tertiary/aromatic N) is 8. The van der Waals surface area contributed by atoms with Crippen LogP contribution in [0.25, 0.3) is 0 Å². The van der Waals surface area contributed by atoms with Crippen LogP contribution in [0.3, 0.4) is 0 Å². The fourth-order valence-electron chi connectivity index (χ4n) is 7.41. The lowest BCUT2D eigenvalue weighted by molar-refractivity contribution is -0.191. The third kappa shape index (κ3) is 12.1. The van der Waals surface area contributed by atoms with E-state index in [-0.39, 0.29) is 40.6 Å². The summed E-state index contributed by atoms with van der Waals surface area (Å²) in [6, 6.07) is 8.81. The lowest BCUT2D eigenvalue weighted by atomic mass is 9.99. The van der Waals surface area contributed by atoms with Gasteiger partial charge in [-0.2, -0.15) is 9.59 Å². The van der Waals surface area contributed by atoms with E-state index in [0.717, 1.165) is 47.5 Å². The molecule has 15 nitrogen and oxygen atoms in total. The standard InChI is InChI=1S/C21H29FN4O2S.C20H27FN4O3S.CO2/c1-6-16-12-23-21(24-15(16)4)26-10-9-25(13-19(26)14(2)3)17-7-8-18(22)20(11-17)29(5,27)28;1-13(2)18-11-24(16-5-6-17(21)19(9-16)29(4,27)28)7-8-25(18)20-22-10-15(12-26)14(3)23-20;2-1-3/h7-8,11-12,14,19H,6,9-10,13H2,1-5H3;5-6,9-10,13,18,26H,7-8,11-12H2,1-4H3;/t19-;18-;/m00./s1. The van der Waals surface area contributed by atoms with Crippen molar-refractivity contribution in [3.63, 3.8) is 0 Å². The Morgan fingerprint density at radius 3 is 1.39 bits per heavy atom. The molecule has 2 aliphatic rings. The normalized spacial score (nSPS) is 17.1. The number of sulfone groups is 2. The van der Waals surface area contributed by atoms with Gasteiger partial charge in [0, 0.05) is 92.5 Å². The molecule has 6 rings (SSSR count). The smallest absolute Gasteiger partial charge is 0.373 e. The van der Waals surface area contributed by atoms with Crippen molar-refractivity contribution in [2.45, 2.75) is 83.4 Å². The van der Waals surface area contributed by atoms with Crippen LogP contribution in [-0.2, 0) is 42.3 Å². The predicted octanol–water partition coefficient (Wildman–Crippen LogP) is 4.83. The Morgan fingerprint density at radius 2 is 1.08 bits per heavy atom. The second-order valence-electron chi connectivity index (χ2n) is 15.8. The SMILES string of the molecule is CCc1cnc(N2CCN(c3ccc(F)c(S(C)(=O)=O)c3)C[C@H]2C(C)C)nc1C.Cc1nc(N2CCN(c3ccc(F)c(S(C)(=O)=O)c3)C[C@H]2C(C)C)ncc1CO.O=C=O. The summed E-state index contributed by atoms with van der Waals surface area (Å²) in [6.45, 7) is 18.4. The highest BCUT2D eigenvalue weighted by atomic mass is 32.2. The van der Waals surface area contributed by atoms with Gasteiger partial charge in [0.2, 0.25) is 11.9 Å². The summed E-state index contributed by atoms with van der Waals surface area (Å²) in [5, 5.41) is 9.35. The van der Waals surface area contributed by atoms with Gasteiger partial charge in [0.15, 0.2) is 19.7 Å². The second kappa shape index (κ2) is 20.6. The monoisotopic (exact) mass is 886 g/mol. The lowest BCUT2D eigenvalue weighted by Crippen LogP contribution is -2.56. The Balaban J connectivity index is 0.000000252. The maximum atomic E-state index is 14.0. The summed E-state index contributed by atoms with van der Waals surface area (Å²) in [5.41, 5.74) is 5.00. The average molecular weight is 887 g/mol. The number of halogens is 2. The molecular formula is C42H56F2N8O7S2. The molecule has 2 fully saturated rings. The van der Waals surface area contributed by atoms with Crippen LogP contribution in [0.5, 0.6) is 0 Å². The number of rotatable bonds is 10. The first-order valence-electron chi connectivity index (χ1n) is 19.9. The first kappa shape index (κ1) is 48.6. The van der Waals surface area contributed by atoms with Crippen molar-refractivity contribution in [1.82, 2.24) is 19.9 Å². The molecule has 1 N–H and O–H groups in total. The summed E-state index contributed by atoms with van der Waals surface area (Å²) < 4.78 is 75.5. The van der Waals surface area contributed by atoms with E-state index in [1.54, 1.807) is 18.3 Å². The van der Waals surface area contributed by atoms with E-state index in [2.05, 4.69) is 69.2 Å². The minimum Gasteiger partial charge on any atom is -0.392 e. The number of carbonyl (C=O) groups excluding carboxylic acids is 2. The van der Waals surface area contributed by atoms with Crippen LogP contribution in [0.15, 0.2) is 58.6 Å². The molecule has 0 unspecified atom stereocenters. The highest BCUT2D eigenvalue weighted by Gasteiger charge is 2.33. The molecule has 4 heterocycles. The van der Waals surface area contributed by atoms with Crippen molar-refractivity contribution in [2.24, 2.45) is 11.8 Å². The zero-order valence-electron chi connectivity index (χ0n) is 36.1. The molecule has 2 saturated heterocycles. The largest absolute Gasteiger partial charge is 0.392 e. The quantitative estimate of drug-likeness (QED) is 0.228. The molecule has 0 spiro atoms. The summed E-state index contributed by atoms with van der Waals surface area (Å²) in [4.78, 5) is 42.6. The fourth-order valence-corrected chi connectivity index (χ4v) is 8.93. The molecule has 0 bridgehead atoms. The van der Waals surface area contributed by atoms with Gasteiger partial charge in [0.05, 0.1) is 18.7 Å². The number of aryl methyl sites for hydroxylation is 3. The molecule has 0 aliphatic carbocycles. The van der Waals surface area contributed by atoms with E-state index >= 15 is 0 Å². The van der Waals surface area contributed by atoms with Crippen LogP contribution < -0.4 is 19.6 Å². The molecule has 2 atom stereocenters. The van der Waals surface area contributed by atoms with Gasteiger partial charge in [-0.3, -0.25) is 0 Å². The van der Waals surface area contributed by atoms with Crippen LogP contribution in [0.2, 0.25) is 0 Å². The molecule has 2 aromatic heterocycles. The third-order valence-electron chi connectivity index (χ3n) is 10.9. The van der Waals surface area contributed by atoms with Crippen LogP contribution in [0, 0.1) is 37.3 Å². The van der Waals surface area contributed by atoms with E-state index in [9.17, 15) is 30.7 Å². The average Bonchev–Trinajstić information content (AvgIpc) is 3.20. The minimum absolute atomic E-state index is 0.0925. The number of piperazine rings is 2. The maximum Gasteiger partial charge on any atom is 0.373 e. The number of aliphatic hydroxyl groups excluding tert-OH is 1. The highest BCUT2D eigenvalue weighted by molar-refractivity contribution is 7.91. The molecular weight excluding hydrogens is 831 g/mol. The lowest BCUT2D eigenvalue weighted by Gasteiger charge is -2.44. The Morgan fingerprint density at radius 1 is 0.705 bits per heavy atom. The van der Waals surface area contributed by atoms with Crippen molar-refractivity contribution in [3.8, 4) is 0 Å². The molecule has 0 saturated carbocycles. The van der Waals surface area contributed by atoms with Crippen molar-refractivity contribution in [2.75, 3.05) is 71.4 Å². The summed E-state index contributed by atoms with van der Waals surface area (Å²) >= 11 is 0. The van der Waals surface area contributed by atoms with Crippen molar-refractivity contribution < 1.29 is 40.3 Å². The van der Waals surface area contributed by atoms with Crippen LogP contribution in [-0.4, -0.2) is 112 Å². The van der Waals surface area contributed by atoms with Gasteiger partial charge in [-0.15, -0.1) is 0 Å². The first-order chi connectivity index (χ1) is 28.6. The Hall–Kier alpha value is -5.10. The number of hydrogen-bond donors (Lipinski definition) is 1. The number of aromatic nitrogens is 4. The summed E-state index contributed by atoms with van der Waals surface area (Å²) in [5.74, 6) is 0.526. The predicted molar refractivity (Wildman–Crippen MR) is 229 cm³/mol. The fraction of sp³-hybridized carbons (Fsp3) is 0.500. The van der Waals surface area contributed by atoms with Crippen LogP contribution in [0.4, 0.5) is 32.1 Å². The van der Waals surface area contributed by atoms with Gasteiger partial charge >= 0.3 is 6.15 Å². The first-order valence-corrected chi connectivity index (χ1v) is 23.7. The molecule has 4 aromatic rings. The van der Waals surface area contributed by atoms with Crippen LogP contribution >= 0.6 is 0 Å². The van der Waals surface area contributed by atoms with Crippen molar-refractivity contribution >= 4 is 49.1 Å². The van der Waals surface area contributed by atoms with Gasteiger partial charge in [0.25, 0.3) is 0 Å². The summed E-state index contributed by atoms with van der Waals surface area (Å²) in [6.07, 6.45) is 6.75. The van der Waals surface area contributed by atoms with Gasteiger partial charge < -0.3 is 24.7 Å². The second-order valence-corrected chi connectivity index (χ2v) is 19.8. The molecule has 2 aliphatic heterocycles. The zero-order chi connectivity index (χ0) is 45.4. The zero-order valence-corrected chi connectivity index (χ0v) is 37.8. The molecule has 0 amide bonds. The summed E-state index contributed by atoms with van der Waals surface area (Å²) in [7, 11) is -7.26. The maximum absolute atomic E-state index is 14.0. The molecule has 2 aromatic carbocycles. The topological polar surface area (TPSA) is 187 Å². The highest BCUT2D eigenvalue weighted by Crippen LogP contribution is 2.30. The van der Waals surface area contributed by atoms with Gasteiger partial charge in [0.1, 0.15) is 21.4 Å². The van der Waals surface area contributed by atoms with E-state index < -0.39 is 31.3 Å². The van der Waals surface area contributed by atoms with E-state index in [1.807, 2.05) is 20.0 Å². The van der Waals surface area contributed by atoms with E-state index in [4.69, 9.17) is 14.6 Å². The van der Waals surface area contributed by atoms with Crippen molar-refractivity contribution in [1.29, 1.82) is 0 Å². The van der Waals surface area contributed by atoms with Crippen molar-refractivity contribution in [3.05, 3.63) is 82.9 Å². The molecule has 0 radical (unpaired) electrons. The number of aliphatic hydroxyl groups is 1. The molecule has 19 heteroatoms. The number of hydrogen-bond acceptors (Lipinski definition) is 15. The van der Waals surface area contributed by atoms with Gasteiger partial charge in [-0.25, -0.2) is 45.6 Å². The molecule has 61 heavy (non-hydrogen) atoms. The van der Waals surface area contributed by atoms with Gasteiger partial charge in [-0.1, -0.05) is 34.6 Å². The Bertz CT molecular complexity index is 2260. The third-order valence-corrected chi connectivity index (χ3v) is 13.2. The van der Waals surface area contributed by atoms with Crippen LogP contribution in [0.1, 0.15) is 57.1 Å². The van der Waals surface area contributed by atoms with Gasteiger partial charge in [-0.05, 0) is 74.1 Å². The minimum atomic E-state index is -3.64. The Labute approximate surface area is 357 Å². The number of benzene rings is 2. The van der Waals surface area contributed by atoms with E-state index in [0.29, 0.717) is 62.4 Å². The Kier molecular flexibility index (Phi) is 16.4. The number of anilines is 4. The molecule has 332 valence electrons. The van der Waals surface area contributed by atoms with E-state index in [1.165, 1.54) is 24.3 Å².